The number of halogens is 2. The van der Waals surface area contributed by atoms with E-state index >= 15 is 4.39 Å². The molecule has 1 amide bonds. The van der Waals surface area contributed by atoms with Gasteiger partial charge in [-0.1, -0.05) is 12.0 Å². The monoisotopic (exact) mass is 680 g/mol. The minimum atomic E-state index is -0.791. The number of carbonyl (C=O) groups is 2. The molecule has 256 valence electrons. The molecule has 13 heteroatoms. The molecule has 2 bridgehead atoms. The van der Waals surface area contributed by atoms with Crippen LogP contribution in [0.5, 0.6) is 11.8 Å². The predicted octanol–water partition coefficient (Wildman–Crippen LogP) is 4.31. The number of terminal acetylenes is 1. The number of nitrogens with zero attached hydrogens (tertiary/aromatic N) is 6. The number of phenols is 1. The second-order valence-electron chi connectivity index (χ2n) is 14.1. The summed E-state index contributed by atoms with van der Waals surface area (Å²) in [6, 6.07) is 5.18. The highest BCUT2D eigenvalue weighted by Crippen LogP contribution is 2.42. The highest BCUT2D eigenvalue weighted by Gasteiger charge is 2.49. The number of carbonyl (C=O) groups excluding carboxylic acids is 2. The molecule has 5 saturated heterocycles. The molecule has 5 fully saturated rings. The summed E-state index contributed by atoms with van der Waals surface area (Å²) in [4.78, 5) is 45.0. The molecule has 5 aliphatic rings. The van der Waals surface area contributed by atoms with Crippen LogP contribution >= 0.6 is 0 Å². The Hall–Kier alpha value is -5.09. The lowest BCUT2D eigenvalue weighted by Gasteiger charge is -2.43. The molecule has 3 atom stereocenters. The van der Waals surface area contributed by atoms with E-state index in [0.29, 0.717) is 36.3 Å². The van der Waals surface area contributed by atoms with Crippen molar-refractivity contribution in [2.24, 2.45) is 0 Å². The third-order valence-corrected chi connectivity index (χ3v) is 11.3. The number of esters is 1. The van der Waals surface area contributed by atoms with Gasteiger partial charge in [0.25, 0.3) is 5.91 Å². The van der Waals surface area contributed by atoms with Crippen LogP contribution < -0.4 is 9.64 Å². The van der Waals surface area contributed by atoms with Crippen molar-refractivity contribution in [2.45, 2.75) is 68.7 Å². The molecular formula is C37H34F2N6O5. The maximum absolute atomic E-state index is 17.0. The van der Waals surface area contributed by atoms with Crippen LogP contribution in [0.15, 0.2) is 30.5 Å². The first-order chi connectivity index (χ1) is 24.2. The first-order valence-electron chi connectivity index (χ1n) is 17.2. The number of hydrogen-bond acceptors (Lipinski definition) is 10. The SMILES string of the molecule is C#Cc1c(F)ccc2cc(O)cc(-c3ncc4c(N5C[C@H]6CC[C@@H](C5)N6C(=O)[C@H]5CC(=O)O5)nc(OCC56CCCN5CCC6)nc4c3F)c12. The number of benzene rings is 2. The van der Waals surface area contributed by atoms with E-state index in [1.807, 2.05) is 9.80 Å². The minimum absolute atomic E-state index is 0.0278. The Morgan fingerprint density at radius 1 is 1.12 bits per heavy atom. The molecule has 7 heterocycles. The van der Waals surface area contributed by atoms with E-state index in [1.54, 1.807) is 0 Å². The van der Waals surface area contributed by atoms with Crippen molar-refractivity contribution in [3.8, 4) is 35.4 Å². The zero-order chi connectivity index (χ0) is 34.3. The molecule has 50 heavy (non-hydrogen) atoms. The topological polar surface area (TPSA) is 121 Å². The molecule has 0 spiro atoms. The quantitative estimate of drug-likeness (QED) is 0.233. The predicted molar refractivity (Wildman–Crippen MR) is 178 cm³/mol. The lowest BCUT2D eigenvalue weighted by atomic mass is 9.95. The van der Waals surface area contributed by atoms with Crippen molar-refractivity contribution in [1.29, 1.82) is 0 Å². The van der Waals surface area contributed by atoms with Crippen LogP contribution in [0, 0.1) is 24.0 Å². The van der Waals surface area contributed by atoms with Gasteiger partial charge >= 0.3 is 12.0 Å². The van der Waals surface area contributed by atoms with Crippen LogP contribution in [-0.2, 0) is 14.3 Å². The van der Waals surface area contributed by atoms with E-state index in [9.17, 15) is 19.1 Å². The van der Waals surface area contributed by atoms with Gasteiger partial charge in [-0.25, -0.2) is 8.78 Å². The molecule has 11 nitrogen and oxygen atoms in total. The maximum Gasteiger partial charge on any atom is 0.319 e. The van der Waals surface area contributed by atoms with E-state index in [2.05, 4.69) is 20.8 Å². The van der Waals surface area contributed by atoms with E-state index in [1.165, 1.54) is 30.5 Å². The molecule has 4 aromatic rings. The van der Waals surface area contributed by atoms with Crippen molar-refractivity contribution >= 4 is 39.4 Å². The maximum atomic E-state index is 17.0. The van der Waals surface area contributed by atoms with Crippen LogP contribution in [0.25, 0.3) is 32.9 Å². The summed E-state index contributed by atoms with van der Waals surface area (Å²) in [6.07, 6.45) is 12.3. The van der Waals surface area contributed by atoms with Crippen molar-refractivity contribution in [3.05, 3.63) is 47.7 Å². The first kappa shape index (κ1) is 30.9. The largest absolute Gasteiger partial charge is 0.508 e. The Kier molecular flexibility index (Phi) is 7.10. The number of anilines is 1. The molecule has 0 unspecified atom stereocenters. The Morgan fingerprint density at radius 2 is 1.86 bits per heavy atom. The molecule has 1 N–H and O–H groups in total. The molecule has 0 aliphatic carbocycles. The lowest BCUT2D eigenvalue weighted by molar-refractivity contribution is -0.180. The summed E-state index contributed by atoms with van der Waals surface area (Å²) in [6.45, 7) is 3.25. The van der Waals surface area contributed by atoms with Crippen molar-refractivity contribution in [1.82, 2.24) is 24.8 Å². The van der Waals surface area contributed by atoms with Gasteiger partial charge in [0, 0.05) is 42.3 Å². The number of ether oxygens (including phenoxy) is 2. The molecule has 0 saturated carbocycles. The Morgan fingerprint density at radius 3 is 2.56 bits per heavy atom. The van der Waals surface area contributed by atoms with Gasteiger partial charge in [0.2, 0.25) is 0 Å². The summed E-state index contributed by atoms with van der Waals surface area (Å²) in [5, 5.41) is 11.6. The number of phenolic OH excluding ortho intramolecular Hbond substituents is 1. The fraction of sp³-hybridized carbons (Fsp3) is 0.432. The minimum Gasteiger partial charge on any atom is -0.508 e. The summed E-state index contributed by atoms with van der Waals surface area (Å²) >= 11 is 0. The second-order valence-corrected chi connectivity index (χ2v) is 14.1. The third-order valence-electron chi connectivity index (χ3n) is 11.3. The van der Waals surface area contributed by atoms with Crippen molar-refractivity contribution in [2.75, 3.05) is 37.7 Å². The number of rotatable bonds is 6. The van der Waals surface area contributed by atoms with Gasteiger partial charge in [-0.2, -0.15) is 9.97 Å². The van der Waals surface area contributed by atoms with E-state index in [-0.39, 0.29) is 75.4 Å². The number of pyridine rings is 1. The molecule has 0 radical (unpaired) electrons. The van der Waals surface area contributed by atoms with Crippen molar-refractivity contribution in [3.63, 3.8) is 0 Å². The molecule has 5 aliphatic heterocycles. The fourth-order valence-corrected chi connectivity index (χ4v) is 8.97. The smallest absolute Gasteiger partial charge is 0.319 e. The summed E-state index contributed by atoms with van der Waals surface area (Å²) in [5.74, 6) is 0.656. The Balaban J connectivity index is 1.14. The van der Waals surface area contributed by atoms with Gasteiger partial charge < -0.3 is 24.4 Å². The van der Waals surface area contributed by atoms with Crippen molar-refractivity contribution < 1.29 is 33.0 Å². The van der Waals surface area contributed by atoms with Crippen LogP contribution in [-0.4, -0.2) is 98.2 Å². The number of cyclic esters (lactones) is 1. The summed E-state index contributed by atoms with van der Waals surface area (Å²) in [5.41, 5.74) is -0.236. The van der Waals surface area contributed by atoms with E-state index in [4.69, 9.17) is 20.9 Å². The van der Waals surface area contributed by atoms with Crippen LogP contribution in [0.4, 0.5) is 14.6 Å². The Labute approximate surface area is 286 Å². The number of aromatic hydroxyl groups is 1. The molecule has 2 aromatic carbocycles. The second kappa shape index (κ2) is 11.5. The standard InChI is InChI=1S/C37H34F2N6O5/c1-2-24-27(38)8-5-20-13-23(46)14-25(30(20)24)32-31(39)33-26(16-40-32)34(42-36(41-33)49-19-37-9-3-11-44(37)12-4-10-37)43-17-21-6-7-22(18-43)45(21)35(48)28-15-29(47)50-28/h1,5,8,13-14,16,21-22,28,46H,3-4,6-7,9-12,15,17-19H2/t21-,22+,28-/m1/s1. The van der Waals surface area contributed by atoms with Gasteiger partial charge in [-0.3, -0.25) is 19.5 Å². The fourth-order valence-electron chi connectivity index (χ4n) is 8.97. The number of hydrogen-bond donors (Lipinski definition) is 1. The number of aromatic nitrogens is 3. The van der Waals surface area contributed by atoms with Gasteiger partial charge in [0.1, 0.15) is 35.2 Å². The van der Waals surface area contributed by atoms with Gasteiger partial charge in [0.15, 0.2) is 11.9 Å². The van der Waals surface area contributed by atoms with Crippen LogP contribution in [0.2, 0.25) is 0 Å². The normalized spacial score (nSPS) is 23.9. The number of fused-ring (bicyclic) bond motifs is 5. The zero-order valence-corrected chi connectivity index (χ0v) is 27.2. The Bertz CT molecular complexity index is 2120. The first-order valence-corrected chi connectivity index (χ1v) is 17.2. The molecule has 9 rings (SSSR count). The summed E-state index contributed by atoms with van der Waals surface area (Å²) in [7, 11) is 0. The number of amides is 1. The average molecular weight is 681 g/mol. The lowest BCUT2D eigenvalue weighted by Crippen LogP contribution is -2.60. The third kappa shape index (κ3) is 4.75. The number of piperazine rings is 1. The average Bonchev–Trinajstić information content (AvgIpc) is 3.76. The highest BCUT2D eigenvalue weighted by atomic mass is 19.1. The van der Waals surface area contributed by atoms with Gasteiger partial charge in [0.05, 0.1) is 22.9 Å². The zero-order valence-electron chi connectivity index (χ0n) is 27.2. The van der Waals surface area contributed by atoms with Gasteiger partial charge in [-0.05, 0) is 75.2 Å². The van der Waals surface area contributed by atoms with E-state index < -0.39 is 17.7 Å². The molecule has 2 aromatic heterocycles. The van der Waals surface area contributed by atoms with Crippen LogP contribution in [0.1, 0.15) is 50.5 Å². The van der Waals surface area contributed by atoms with E-state index in [0.717, 1.165) is 51.6 Å². The molecular weight excluding hydrogens is 646 g/mol. The van der Waals surface area contributed by atoms with Crippen LogP contribution in [0.3, 0.4) is 0 Å². The van der Waals surface area contributed by atoms with Gasteiger partial charge in [-0.15, -0.1) is 6.42 Å². The highest BCUT2D eigenvalue weighted by molar-refractivity contribution is 6.03. The summed E-state index contributed by atoms with van der Waals surface area (Å²) < 4.78 is 43.3.